The van der Waals surface area contributed by atoms with E-state index in [0.717, 1.165) is 24.2 Å². The van der Waals surface area contributed by atoms with Crippen LogP contribution in [0.3, 0.4) is 0 Å². The van der Waals surface area contributed by atoms with Crippen LogP contribution in [0.25, 0.3) is 22.1 Å². The summed E-state index contributed by atoms with van der Waals surface area (Å²) in [5, 5.41) is 11.5. The second-order valence-corrected chi connectivity index (χ2v) is 7.35. The average Bonchev–Trinajstić information content (AvgIpc) is 2.66. The normalized spacial score (nSPS) is 15.4. The van der Waals surface area contributed by atoms with Crippen molar-refractivity contribution < 1.29 is 14.4 Å². The molecule has 5 heteroatoms. The van der Waals surface area contributed by atoms with Crippen LogP contribution in [0.15, 0.2) is 51.9 Å². The largest absolute Gasteiger partial charge is 0.507 e. The van der Waals surface area contributed by atoms with Gasteiger partial charge < -0.3 is 14.4 Å². The van der Waals surface area contributed by atoms with Gasteiger partial charge in [0.1, 0.15) is 24.1 Å². The smallest absolute Gasteiger partial charge is 0.200 e. The van der Waals surface area contributed by atoms with E-state index in [2.05, 4.69) is 0 Å². The number of piperidine rings is 1. The fourth-order valence-electron chi connectivity index (χ4n) is 3.73. The first-order valence-corrected chi connectivity index (χ1v) is 9.37. The summed E-state index contributed by atoms with van der Waals surface area (Å²) in [6, 6.07) is 10.4. The maximum absolute atomic E-state index is 13.0. The van der Waals surface area contributed by atoms with Crippen molar-refractivity contribution in [3.63, 3.8) is 0 Å². The molecule has 0 radical (unpaired) electrons. The van der Waals surface area contributed by atoms with E-state index in [1.165, 1.54) is 30.4 Å². The molecule has 0 atom stereocenters. The van der Waals surface area contributed by atoms with Crippen molar-refractivity contribution >= 4 is 22.6 Å². The third-order valence-corrected chi connectivity index (χ3v) is 5.41. The van der Waals surface area contributed by atoms with E-state index < -0.39 is 0 Å². The lowest BCUT2D eigenvalue weighted by Crippen LogP contribution is -3.11. The van der Waals surface area contributed by atoms with Crippen molar-refractivity contribution in [2.45, 2.75) is 25.8 Å². The Kier molecular flexibility index (Phi) is 4.70. The Balaban J connectivity index is 1.79. The molecule has 0 saturated carbocycles. The second kappa shape index (κ2) is 7.14. The molecule has 2 heterocycles. The monoisotopic (exact) mass is 370 g/mol. The molecular weight excluding hydrogens is 350 g/mol. The fraction of sp³-hybridized carbons (Fsp3) is 0.286. The maximum Gasteiger partial charge on any atom is 0.200 e. The highest BCUT2D eigenvalue weighted by Crippen LogP contribution is 2.28. The predicted molar refractivity (Wildman–Crippen MR) is 103 cm³/mol. The lowest BCUT2D eigenvalue weighted by Gasteiger charge is -2.24. The highest BCUT2D eigenvalue weighted by atomic mass is 35.5. The number of quaternary nitrogens is 1. The number of benzene rings is 2. The van der Waals surface area contributed by atoms with Gasteiger partial charge in [-0.15, -0.1) is 0 Å². The quantitative estimate of drug-likeness (QED) is 0.743. The molecule has 0 unspecified atom stereocenters. The number of phenolic OH excluding ortho intramolecular Hbond substituents is 1. The van der Waals surface area contributed by atoms with E-state index in [-0.39, 0.29) is 11.2 Å². The van der Waals surface area contributed by atoms with Crippen LogP contribution >= 0.6 is 11.6 Å². The molecule has 26 heavy (non-hydrogen) atoms. The molecule has 3 aromatic rings. The van der Waals surface area contributed by atoms with Gasteiger partial charge in [-0.2, -0.15) is 0 Å². The lowest BCUT2D eigenvalue weighted by atomic mass is 10.0. The predicted octanol–water partition coefficient (Wildman–Crippen LogP) is 3.39. The zero-order valence-electron chi connectivity index (χ0n) is 14.4. The number of fused-ring (bicyclic) bond motifs is 1. The van der Waals surface area contributed by atoms with Crippen LogP contribution in [0.2, 0.25) is 5.02 Å². The zero-order valence-corrected chi connectivity index (χ0v) is 15.2. The number of aromatic hydroxyl groups is 1. The Morgan fingerprint density at radius 1 is 1.04 bits per heavy atom. The molecule has 0 bridgehead atoms. The molecule has 2 N–H and O–H groups in total. The summed E-state index contributed by atoms with van der Waals surface area (Å²) in [6.45, 7) is 2.85. The van der Waals surface area contributed by atoms with Gasteiger partial charge in [0, 0.05) is 5.02 Å². The molecule has 0 aliphatic carbocycles. The zero-order chi connectivity index (χ0) is 18.1. The maximum atomic E-state index is 13.0. The summed E-state index contributed by atoms with van der Waals surface area (Å²) >= 11 is 5.93. The molecular formula is C21H21ClNO3+. The van der Waals surface area contributed by atoms with Crippen LogP contribution in [-0.4, -0.2) is 18.2 Å². The number of nitrogens with one attached hydrogen (secondary N) is 1. The minimum absolute atomic E-state index is 0.0940. The number of halogens is 1. The van der Waals surface area contributed by atoms with E-state index >= 15 is 0 Å². The van der Waals surface area contributed by atoms with E-state index in [9.17, 15) is 9.90 Å². The number of likely N-dealkylation sites (tertiary alicyclic amines) is 1. The van der Waals surface area contributed by atoms with Gasteiger partial charge in [-0.1, -0.05) is 23.7 Å². The van der Waals surface area contributed by atoms with Gasteiger partial charge in [0.25, 0.3) is 0 Å². The Morgan fingerprint density at radius 3 is 2.50 bits per heavy atom. The molecule has 1 aliphatic heterocycles. The molecule has 0 spiro atoms. The van der Waals surface area contributed by atoms with Crippen molar-refractivity contribution in [2.75, 3.05) is 13.1 Å². The van der Waals surface area contributed by atoms with Gasteiger partial charge in [0.2, 0.25) is 5.43 Å². The average molecular weight is 371 g/mol. The second-order valence-electron chi connectivity index (χ2n) is 6.91. The molecule has 1 aliphatic rings. The van der Waals surface area contributed by atoms with Crippen LogP contribution in [0.5, 0.6) is 5.75 Å². The van der Waals surface area contributed by atoms with Gasteiger partial charge in [0.05, 0.1) is 29.6 Å². The van der Waals surface area contributed by atoms with Gasteiger partial charge >= 0.3 is 0 Å². The van der Waals surface area contributed by atoms with Gasteiger partial charge in [-0.3, -0.25) is 4.79 Å². The first-order chi connectivity index (χ1) is 12.6. The van der Waals surface area contributed by atoms with Crippen LogP contribution in [0.1, 0.15) is 24.8 Å². The van der Waals surface area contributed by atoms with Crippen molar-refractivity contribution in [3.8, 4) is 16.9 Å². The van der Waals surface area contributed by atoms with Gasteiger partial charge in [0.15, 0.2) is 0 Å². The summed E-state index contributed by atoms with van der Waals surface area (Å²) < 4.78 is 5.86. The Morgan fingerprint density at radius 2 is 1.77 bits per heavy atom. The number of rotatable bonds is 3. The van der Waals surface area contributed by atoms with Gasteiger partial charge in [-0.05, 0) is 49.1 Å². The SMILES string of the molecule is O=c1c(-c2ccc(Cl)cc2)coc2c(C[NH+]3CCCCC3)c(O)ccc12. The standard InChI is InChI=1S/C21H20ClNO3/c22-15-6-4-14(5-7-15)18-13-26-21-16(20(18)25)8-9-19(24)17(21)12-23-10-2-1-3-11-23/h4-9,13,24H,1-3,10-12H2/p+1. The first kappa shape index (κ1) is 17.1. The summed E-state index contributed by atoms with van der Waals surface area (Å²) in [7, 11) is 0. The molecule has 2 aromatic carbocycles. The minimum atomic E-state index is -0.0940. The van der Waals surface area contributed by atoms with Crippen molar-refractivity contribution in [1.29, 1.82) is 0 Å². The molecule has 0 amide bonds. The summed E-state index contributed by atoms with van der Waals surface area (Å²) in [6.07, 6.45) is 5.16. The van der Waals surface area contributed by atoms with E-state index in [0.29, 0.717) is 28.1 Å². The number of phenols is 1. The Bertz CT molecular complexity index is 989. The van der Waals surface area contributed by atoms with Crippen molar-refractivity contribution in [3.05, 3.63) is 63.5 Å². The third-order valence-electron chi connectivity index (χ3n) is 5.16. The minimum Gasteiger partial charge on any atom is -0.507 e. The summed E-state index contributed by atoms with van der Waals surface area (Å²) in [5.41, 5.74) is 2.38. The Labute approximate surface area is 156 Å². The van der Waals surface area contributed by atoms with Crippen molar-refractivity contribution in [1.82, 2.24) is 0 Å². The van der Waals surface area contributed by atoms with E-state index in [1.54, 1.807) is 36.4 Å². The summed E-state index contributed by atoms with van der Waals surface area (Å²) in [5.74, 6) is 0.193. The molecule has 1 saturated heterocycles. The van der Waals surface area contributed by atoms with Crippen LogP contribution in [0, 0.1) is 0 Å². The molecule has 4 nitrogen and oxygen atoms in total. The highest BCUT2D eigenvalue weighted by Gasteiger charge is 2.21. The summed E-state index contributed by atoms with van der Waals surface area (Å²) in [4.78, 5) is 14.4. The van der Waals surface area contributed by atoms with E-state index in [4.69, 9.17) is 16.0 Å². The fourth-order valence-corrected chi connectivity index (χ4v) is 3.85. The highest BCUT2D eigenvalue weighted by molar-refractivity contribution is 6.30. The van der Waals surface area contributed by atoms with E-state index in [1.807, 2.05) is 0 Å². The molecule has 1 aromatic heterocycles. The third kappa shape index (κ3) is 3.22. The van der Waals surface area contributed by atoms with Crippen LogP contribution < -0.4 is 10.3 Å². The lowest BCUT2D eigenvalue weighted by molar-refractivity contribution is -0.918. The van der Waals surface area contributed by atoms with Crippen LogP contribution in [-0.2, 0) is 6.54 Å². The number of hydrogen-bond acceptors (Lipinski definition) is 3. The molecule has 134 valence electrons. The number of hydrogen-bond donors (Lipinski definition) is 2. The first-order valence-electron chi connectivity index (χ1n) is 8.99. The molecule has 1 fully saturated rings. The Hall–Kier alpha value is -2.30. The van der Waals surface area contributed by atoms with Gasteiger partial charge in [-0.25, -0.2) is 0 Å². The van der Waals surface area contributed by atoms with Crippen molar-refractivity contribution in [2.24, 2.45) is 0 Å². The molecule has 4 rings (SSSR count). The van der Waals surface area contributed by atoms with Crippen LogP contribution in [0.4, 0.5) is 0 Å². The topological polar surface area (TPSA) is 54.9 Å².